The van der Waals surface area contributed by atoms with Crippen molar-refractivity contribution in [1.82, 2.24) is 10.2 Å². The van der Waals surface area contributed by atoms with E-state index in [0.29, 0.717) is 34.0 Å². The Morgan fingerprint density at radius 1 is 1.05 bits per heavy atom. The molecule has 4 atom stereocenters. The van der Waals surface area contributed by atoms with Crippen LogP contribution in [0.3, 0.4) is 0 Å². The first kappa shape index (κ1) is 32.6. The predicted octanol–water partition coefficient (Wildman–Crippen LogP) is 6.06. The molecule has 2 aromatic rings. The molecule has 2 fully saturated rings. The minimum absolute atomic E-state index is 0.126. The molecule has 1 heterocycles. The number of amides is 2. The van der Waals surface area contributed by atoms with E-state index in [4.69, 9.17) is 27.9 Å². The van der Waals surface area contributed by atoms with Gasteiger partial charge in [-0.25, -0.2) is 8.42 Å². The van der Waals surface area contributed by atoms with Gasteiger partial charge in [-0.15, -0.1) is 0 Å². The van der Waals surface area contributed by atoms with E-state index in [1.807, 2.05) is 0 Å². The zero-order valence-corrected chi connectivity index (χ0v) is 25.7. The van der Waals surface area contributed by atoms with E-state index in [9.17, 15) is 31.2 Å². The topological polar surface area (TPSA) is 92.8 Å². The summed E-state index contributed by atoms with van der Waals surface area (Å²) in [6, 6.07) is 11.8. The maximum atomic E-state index is 14.2. The molecular formula is C29H33Cl2F3N2O5S. The predicted molar refractivity (Wildman–Crippen MR) is 154 cm³/mol. The van der Waals surface area contributed by atoms with Gasteiger partial charge in [0.1, 0.15) is 18.8 Å². The Bertz CT molecular complexity index is 1410. The van der Waals surface area contributed by atoms with Crippen LogP contribution in [0.2, 0.25) is 10.0 Å². The second-order valence-corrected chi connectivity index (χ2v) is 15.4. The van der Waals surface area contributed by atoms with Crippen molar-refractivity contribution in [2.45, 2.75) is 75.2 Å². The Labute approximate surface area is 253 Å². The second-order valence-electron chi connectivity index (χ2n) is 11.7. The number of alkyl halides is 3. The molecule has 13 heteroatoms. The molecule has 42 heavy (non-hydrogen) atoms. The van der Waals surface area contributed by atoms with Crippen molar-refractivity contribution in [3.05, 3.63) is 69.7 Å². The van der Waals surface area contributed by atoms with Gasteiger partial charge in [-0.3, -0.25) is 9.59 Å². The molecule has 4 unspecified atom stereocenters. The fourth-order valence-electron chi connectivity index (χ4n) is 5.04. The molecule has 230 valence electrons. The Hall–Kier alpha value is -2.34. The quantitative estimate of drug-likeness (QED) is 0.357. The maximum absolute atomic E-state index is 14.2. The van der Waals surface area contributed by atoms with Gasteiger partial charge in [0.15, 0.2) is 9.84 Å². The molecule has 0 bridgehead atoms. The molecule has 2 aliphatic rings. The van der Waals surface area contributed by atoms with Gasteiger partial charge in [0.2, 0.25) is 5.91 Å². The zero-order chi connectivity index (χ0) is 31.0. The SMILES string of the molecule is CC(C)(C)S(=O)(=O)CC(C1CC1)N1C(=O)C(CC(=O)NCC(F)(F)F)OC(c2cccc(Cl)c2)C1c1ccc(Cl)cc1. The zero-order valence-electron chi connectivity index (χ0n) is 23.3. The molecular weight excluding hydrogens is 616 g/mol. The average Bonchev–Trinajstić information content (AvgIpc) is 3.72. The van der Waals surface area contributed by atoms with Crippen LogP contribution in [0.1, 0.15) is 63.3 Å². The third-order valence-electron chi connectivity index (χ3n) is 7.52. The first-order valence-electron chi connectivity index (χ1n) is 13.5. The standard InChI is InChI=1S/C29H33Cl2F3N2O5S/c1-28(2,3)42(39,40)15-22(17-7-8-17)36-25(18-9-11-20(30)12-10-18)26(19-5-4-6-21(31)13-19)41-23(27(36)38)14-24(37)35-16-29(32,33)34/h4-6,9-13,17,22-23,25-26H,7-8,14-16H2,1-3H3,(H,35,37). The minimum Gasteiger partial charge on any atom is -0.357 e. The van der Waals surface area contributed by atoms with E-state index in [-0.39, 0.29) is 11.7 Å². The van der Waals surface area contributed by atoms with Crippen LogP contribution in [0.5, 0.6) is 0 Å². The van der Waals surface area contributed by atoms with Crippen LogP contribution in [0.4, 0.5) is 13.2 Å². The summed E-state index contributed by atoms with van der Waals surface area (Å²) < 4.78 is 70.5. The summed E-state index contributed by atoms with van der Waals surface area (Å²) >= 11 is 12.5. The van der Waals surface area contributed by atoms with Crippen LogP contribution in [0, 0.1) is 5.92 Å². The van der Waals surface area contributed by atoms with Gasteiger partial charge in [-0.05, 0) is 74.9 Å². The van der Waals surface area contributed by atoms with E-state index in [0.717, 1.165) is 0 Å². The number of carbonyl (C=O) groups excluding carboxylic acids is 2. The van der Waals surface area contributed by atoms with Crippen LogP contribution in [-0.4, -0.2) is 60.5 Å². The Morgan fingerprint density at radius 2 is 1.69 bits per heavy atom. The van der Waals surface area contributed by atoms with Crippen LogP contribution in [0.15, 0.2) is 48.5 Å². The van der Waals surface area contributed by atoms with Gasteiger partial charge in [-0.2, -0.15) is 13.2 Å². The number of halogens is 5. The molecule has 4 rings (SSSR count). The van der Waals surface area contributed by atoms with Crippen LogP contribution < -0.4 is 5.32 Å². The van der Waals surface area contributed by atoms with Crippen molar-refractivity contribution in [2.75, 3.05) is 12.3 Å². The highest BCUT2D eigenvalue weighted by molar-refractivity contribution is 7.92. The number of hydrogen-bond acceptors (Lipinski definition) is 5. The Morgan fingerprint density at radius 3 is 2.24 bits per heavy atom. The number of sulfone groups is 1. The van der Waals surface area contributed by atoms with Gasteiger partial charge in [0, 0.05) is 16.1 Å². The van der Waals surface area contributed by atoms with Crippen molar-refractivity contribution in [3.63, 3.8) is 0 Å². The average molecular weight is 650 g/mol. The highest BCUT2D eigenvalue weighted by Crippen LogP contribution is 2.48. The molecule has 1 aliphatic carbocycles. The lowest BCUT2D eigenvalue weighted by Crippen LogP contribution is -2.58. The summed E-state index contributed by atoms with van der Waals surface area (Å²) in [5.41, 5.74) is 1.16. The van der Waals surface area contributed by atoms with Crippen molar-refractivity contribution in [2.24, 2.45) is 5.92 Å². The fraction of sp³-hybridized carbons (Fsp3) is 0.517. The van der Waals surface area contributed by atoms with Gasteiger partial charge < -0.3 is 15.0 Å². The molecule has 0 radical (unpaired) electrons. The lowest BCUT2D eigenvalue weighted by atomic mass is 9.89. The molecule has 1 saturated carbocycles. The molecule has 1 saturated heterocycles. The highest BCUT2D eigenvalue weighted by atomic mass is 35.5. The molecule has 0 spiro atoms. The molecule has 0 aromatic heterocycles. The maximum Gasteiger partial charge on any atom is 0.405 e. The summed E-state index contributed by atoms with van der Waals surface area (Å²) in [5, 5.41) is 2.62. The highest BCUT2D eigenvalue weighted by Gasteiger charge is 2.52. The first-order valence-corrected chi connectivity index (χ1v) is 15.9. The number of morpholine rings is 1. The summed E-state index contributed by atoms with van der Waals surface area (Å²) in [7, 11) is -3.72. The van der Waals surface area contributed by atoms with Crippen molar-refractivity contribution >= 4 is 44.9 Å². The van der Waals surface area contributed by atoms with E-state index in [2.05, 4.69) is 0 Å². The molecule has 1 aliphatic heterocycles. The van der Waals surface area contributed by atoms with E-state index in [1.54, 1.807) is 74.6 Å². The van der Waals surface area contributed by atoms with Crippen LogP contribution in [0.25, 0.3) is 0 Å². The third kappa shape index (κ3) is 7.78. The van der Waals surface area contributed by atoms with Crippen LogP contribution >= 0.6 is 23.2 Å². The number of hydrogen-bond donors (Lipinski definition) is 1. The van der Waals surface area contributed by atoms with Crippen LogP contribution in [-0.2, 0) is 24.2 Å². The molecule has 7 nitrogen and oxygen atoms in total. The third-order valence-corrected chi connectivity index (χ3v) is 10.7. The number of nitrogens with one attached hydrogen (secondary N) is 1. The van der Waals surface area contributed by atoms with E-state index in [1.165, 1.54) is 4.90 Å². The lowest BCUT2D eigenvalue weighted by Gasteiger charge is -2.48. The number of ether oxygens (including phenoxy) is 1. The number of rotatable bonds is 9. The summed E-state index contributed by atoms with van der Waals surface area (Å²) in [6.07, 6.45) is -6.33. The number of benzene rings is 2. The van der Waals surface area contributed by atoms with Gasteiger partial charge in [-0.1, -0.05) is 47.5 Å². The summed E-state index contributed by atoms with van der Waals surface area (Å²) in [6.45, 7) is 3.21. The van der Waals surface area contributed by atoms with Gasteiger partial charge >= 0.3 is 6.18 Å². The Kier molecular flexibility index (Phi) is 9.57. The molecule has 2 aromatic carbocycles. The number of carbonyl (C=O) groups is 2. The minimum atomic E-state index is -4.64. The second kappa shape index (κ2) is 12.3. The largest absolute Gasteiger partial charge is 0.405 e. The van der Waals surface area contributed by atoms with E-state index < -0.39 is 69.8 Å². The number of nitrogens with zero attached hydrogens (tertiary/aromatic N) is 1. The van der Waals surface area contributed by atoms with Crippen molar-refractivity contribution in [3.8, 4) is 0 Å². The smallest absolute Gasteiger partial charge is 0.357 e. The normalized spacial score (nSPS) is 22.6. The fourth-order valence-corrected chi connectivity index (χ4v) is 6.75. The monoisotopic (exact) mass is 648 g/mol. The van der Waals surface area contributed by atoms with Crippen molar-refractivity contribution in [1.29, 1.82) is 0 Å². The first-order chi connectivity index (χ1) is 19.5. The summed E-state index contributed by atoms with van der Waals surface area (Å²) in [5.74, 6) is -2.15. The van der Waals surface area contributed by atoms with Crippen molar-refractivity contribution < 1.29 is 35.9 Å². The van der Waals surface area contributed by atoms with E-state index >= 15 is 0 Å². The van der Waals surface area contributed by atoms with Gasteiger partial charge in [0.25, 0.3) is 5.91 Å². The lowest BCUT2D eigenvalue weighted by molar-refractivity contribution is -0.181. The Balaban J connectivity index is 1.83. The molecule has 2 amide bonds. The molecule has 1 N–H and O–H groups in total. The van der Waals surface area contributed by atoms with Gasteiger partial charge in [0.05, 0.1) is 23.0 Å². The summed E-state index contributed by atoms with van der Waals surface area (Å²) in [4.78, 5) is 28.3.